The maximum atomic E-state index is 5.41. The molecule has 138 valence electrons. The van der Waals surface area contributed by atoms with E-state index in [2.05, 4.69) is 51.8 Å². The molecule has 0 unspecified atom stereocenters. The first-order valence-corrected chi connectivity index (χ1v) is 8.97. The molecular formula is C18H27IN4OS. The standard InChI is InChI=1S/C18H26N4OS.HI/c1-5-23-12-16-8-6-15(7-9-16)10-20-18(19-4)21-11-17-22-13(2)14(3)24-17;/h6-9H,5,10-12H2,1-4H3,(H2,19,20,21);1H. The summed E-state index contributed by atoms with van der Waals surface area (Å²) in [5.41, 5.74) is 3.50. The predicted octanol–water partition coefficient (Wildman–Crippen LogP) is 3.78. The number of halogens is 1. The van der Waals surface area contributed by atoms with E-state index in [4.69, 9.17) is 4.74 Å². The number of rotatable bonds is 7. The van der Waals surface area contributed by atoms with Crippen LogP contribution in [0.4, 0.5) is 0 Å². The molecule has 0 saturated heterocycles. The van der Waals surface area contributed by atoms with E-state index in [0.717, 1.165) is 29.8 Å². The van der Waals surface area contributed by atoms with Gasteiger partial charge in [0, 0.05) is 25.1 Å². The number of hydrogen-bond acceptors (Lipinski definition) is 4. The van der Waals surface area contributed by atoms with Crippen molar-refractivity contribution in [3.05, 3.63) is 51.0 Å². The normalized spacial score (nSPS) is 11.1. The number of nitrogens with one attached hydrogen (secondary N) is 2. The van der Waals surface area contributed by atoms with Gasteiger partial charge in [0.2, 0.25) is 0 Å². The van der Waals surface area contributed by atoms with E-state index >= 15 is 0 Å². The molecule has 1 aromatic carbocycles. The van der Waals surface area contributed by atoms with Crippen molar-refractivity contribution in [2.75, 3.05) is 13.7 Å². The molecule has 7 heteroatoms. The second-order valence-electron chi connectivity index (χ2n) is 5.48. The lowest BCUT2D eigenvalue weighted by Crippen LogP contribution is -2.36. The molecule has 0 spiro atoms. The van der Waals surface area contributed by atoms with Gasteiger partial charge in [0.25, 0.3) is 0 Å². The van der Waals surface area contributed by atoms with Gasteiger partial charge in [-0.25, -0.2) is 4.98 Å². The van der Waals surface area contributed by atoms with Crippen molar-refractivity contribution < 1.29 is 4.74 Å². The van der Waals surface area contributed by atoms with Crippen LogP contribution in [0.5, 0.6) is 0 Å². The number of nitrogens with zero attached hydrogens (tertiary/aromatic N) is 2. The van der Waals surface area contributed by atoms with Crippen molar-refractivity contribution in [3.63, 3.8) is 0 Å². The van der Waals surface area contributed by atoms with Crippen molar-refractivity contribution in [2.24, 2.45) is 4.99 Å². The quantitative estimate of drug-likeness (QED) is 0.365. The van der Waals surface area contributed by atoms with Crippen LogP contribution in [0.25, 0.3) is 0 Å². The highest BCUT2D eigenvalue weighted by Gasteiger charge is 2.05. The summed E-state index contributed by atoms with van der Waals surface area (Å²) in [6, 6.07) is 8.43. The molecule has 1 heterocycles. The van der Waals surface area contributed by atoms with E-state index in [-0.39, 0.29) is 24.0 Å². The molecule has 0 aliphatic carbocycles. The zero-order valence-electron chi connectivity index (χ0n) is 15.3. The van der Waals surface area contributed by atoms with Gasteiger partial charge in [-0.2, -0.15) is 0 Å². The van der Waals surface area contributed by atoms with Crippen molar-refractivity contribution in [3.8, 4) is 0 Å². The van der Waals surface area contributed by atoms with Crippen molar-refractivity contribution in [1.29, 1.82) is 0 Å². The fourth-order valence-electron chi connectivity index (χ4n) is 2.15. The zero-order valence-corrected chi connectivity index (χ0v) is 18.4. The Labute approximate surface area is 171 Å². The number of thiazole rings is 1. The largest absolute Gasteiger partial charge is 0.377 e. The van der Waals surface area contributed by atoms with Crippen LogP contribution in [0, 0.1) is 13.8 Å². The SMILES string of the molecule is CCOCc1ccc(CNC(=NC)NCc2nc(C)c(C)s2)cc1.I. The van der Waals surface area contributed by atoms with E-state index in [0.29, 0.717) is 13.2 Å². The summed E-state index contributed by atoms with van der Waals surface area (Å²) in [4.78, 5) is 10.1. The third-order valence-corrected chi connectivity index (χ3v) is 4.73. The first kappa shape index (κ1) is 21.9. The number of aromatic nitrogens is 1. The summed E-state index contributed by atoms with van der Waals surface area (Å²) in [5, 5.41) is 7.70. The number of hydrogen-bond donors (Lipinski definition) is 2. The summed E-state index contributed by atoms with van der Waals surface area (Å²) < 4.78 is 5.41. The van der Waals surface area contributed by atoms with Crippen LogP contribution in [0.3, 0.4) is 0 Å². The van der Waals surface area contributed by atoms with Crippen LogP contribution < -0.4 is 10.6 Å². The maximum Gasteiger partial charge on any atom is 0.191 e. The minimum absolute atomic E-state index is 0. The molecule has 0 amide bonds. The van der Waals surface area contributed by atoms with Crippen molar-refractivity contribution >= 4 is 41.3 Å². The molecule has 2 rings (SSSR count). The lowest BCUT2D eigenvalue weighted by Gasteiger charge is -2.11. The Balaban J connectivity index is 0.00000312. The number of ether oxygens (including phenoxy) is 1. The van der Waals surface area contributed by atoms with Gasteiger partial charge in [0.1, 0.15) is 5.01 Å². The van der Waals surface area contributed by atoms with Crippen LogP contribution in [-0.2, 0) is 24.4 Å². The lowest BCUT2D eigenvalue weighted by molar-refractivity contribution is 0.134. The molecule has 0 atom stereocenters. The van der Waals surface area contributed by atoms with E-state index in [1.54, 1.807) is 18.4 Å². The summed E-state index contributed by atoms with van der Waals surface area (Å²) in [6.45, 7) is 8.96. The minimum atomic E-state index is 0. The minimum Gasteiger partial charge on any atom is -0.377 e. The molecule has 5 nitrogen and oxygen atoms in total. The number of aliphatic imine (C=N–C) groups is 1. The number of benzene rings is 1. The molecule has 2 N–H and O–H groups in total. The molecule has 0 saturated carbocycles. The molecule has 2 aromatic rings. The fraction of sp³-hybridized carbons (Fsp3) is 0.444. The van der Waals surface area contributed by atoms with Gasteiger partial charge in [-0.05, 0) is 31.9 Å². The topological polar surface area (TPSA) is 58.5 Å². The van der Waals surface area contributed by atoms with Gasteiger partial charge in [-0.1, -0.05) is 24.3 Å². The molecule has 0 radical (unpaired) electrons. The van der Waals surface area contributed by atoms with Gasteiger partial charge in [0.05, 0.1) is 18.8 Å². The summed E-state index contributed by atoms with van der Waals surface area (Å²) in [6.07, 6.45) is 0. The van der Waals surface area contributed by atoms with Crippen LogP contribution >= 0.6 is 35.3 Å². The zero-order chi connectivity index (χ0) is 17.4. The third kappa shape index (κ3) is 7.29. The Morgan fingerprint density at radius 2 is 1.76 bits per heavy atom. The van der Waals surface area contributed by atoms with E-state index in [1.807, 2.05) is 13.8 Å². The maximum absolute atomic E-state index is 5.41. The number of aryl methyl sites for hydroxylation is 2. The average molecular weight is 474 g/mol. The van der Waals surface area contributed by atoms with E-state index in [9.17, 15) is 0 Å². The van der Waals surface area contributed by atoms with E-state index < -0.39 is 0 Å². The Morgan fingerprint density at radius 1 is 1.12 bits per heavy atom. The second-order valence-corrected chi connectivity index (χ2v) is 6.77. The Bertz CT molecular complexity index is 651. The van der Waals surface area contributed by atoms with Crippen LogP contribution in [0.1, 0.15) is 33.6 Å². The van der Waals surface area contributed by atoms with Gasteiger partial charge in [-0.3, -0.25) is 4.99 Å². The molecule has 0 bridgehead atoms. The fourth-order valence-corrected chi connectivity index (χ4v) is 3.03. The van der Waals surface area contributed by atoms with Crippen LogP contribution in [0.2, 0.25) is 0 Å². The number of guanidine groups is 1. The molecule has 1 aromatic heterocycles. The van der Waals surface area contributed by atoms with Gasteiger partial charge in [0.15, 0.2) is 5.96 Å². The average Bonchev–Trinajstić information content (AvgIpc) is 2.92. The highest BCUT2D eigenvalue weighted by Crippen LogP contribution is 2.15. The monoisotopic (exact) mass is 474 g/mol. The summed E-state index contributed by atoms with van der Waals surface area (Å²) in [7, 11) is 1.78. The third-order valence-electron chi connectivity index (χ3n) is 3.66. The highest BCUT2D eigenvalue weighted by molar-refractivity contribution is 14.0. The second kappa shape index (κ2) is 11.4. The van der Waals surface area contributed by atoms with Crippen molar-refractivity contribution in [2.45, 2.75) is 40.5 Å². The predicted molar refractivity (Wildman–Crippen MR) is 116 cm³/mol. The molecule has 0 aliphatic rings. The Hall–Kier alpha value is -1.19. The van der Waals surface area contributed by atoms with Gasteiger partial charge < -0.3 is 15.4 Å². The highest BCUT2D eigenvalue weighted by atomic mass is 127. The molecule has 0 fully saturated rings. The first-order chi connectivity index (χ1) is 11.6. The Morgan fingerprint density at radius 3 is 2.32 bits per heavy atom. The molecule has 25 heavy (non-hydrogen) atoms. The van der Waals surface area contributed by atoms with Gasteiger partial charge in [-0.15, -0.1) is 35.3 Å². The lowest BCUT2D eigenvalue weighted by atomic mass is 10.1. The smallest absolute Gasteiger partial charge is 0.191 e. The van der Waals surface area contributed by atoms with Crippen LogP contribution in [-0.4, -0.2) is 24.6 Å². The first-order valence-electron chi connectivity index (χ1n) is 8.15. The molecule has 0 aliphatic heterocycles. The summed E-state index contributed by atoms with van der Waals surface area (Å²) in [5.74, 6) is 0.777. The van der Waals surface area contributed by atoms with Crippen LogP contribution in [0.15, 0.2) is 29.3 Å². The summed E-state index contributed by atoms with van der Waals surface area (Å²) >= 11 is 1.72. The van der Waals surface area contributed by atoms with Crippen molar-refractivity contribution in [1.82, 2.24) is 15.6 Å². The van der Waals surface area contributed by atoms with E-state index in [1.165, 1.54) is 16.0 Å². The molecular weight excluding hydrogens is 447 g/mol. The Kier molecular flexibility index (Phi) is 9.99. The van der Waals surface area contributed by atoms with Gasteiger partial charge >= 0.3 is 0 Å².